The number of carbonyl (C=O) groups is 1. The zero-order valence-corrected chi connectivity index (χ0v) is 12.1. The van der Waals surface area contributed by atoms with Crippen molar-refractivity contribution in [2.75, 3.05) is 5.32 Å². The van der Waals surface area contributed by atoms with Gasteiger partial charge in [0.25, 0.3) is 0 Å². The summed E-state index contributed by atoms with van der Waals surface area (Å²) in [4.78, 5) is 11.5. The number of rotatable bonds is 3. The number of nitrogens with one attached hydrogen (secondary N) is 1. The van der Waals surface area contributed by atoms with Gasteiger partial charge in [0.05, 0.1) is 0 Å². The third kappa shape index (κ3) is 2.63. The van der Waals surface area contributed by atoms with E-state index in [1.165, 1.54) is 11.1 Å². The van der Waals surface area contributed by atoms with Gasteiger partial charge in [0.1, 0.15) is 0 Å². The summed E-state index contributed by atoms with van der Waals surface area (Å²) < 4.78 is -0.0524. The summed E-state index contributed by atoms with van der Waals surface area (Å²) in [6.07, 6.45) is 0. The molecule has 0 aromatic heterocycles. The Hall–Kier alpha value is -1.57. The van der Waals surface area contributed by atoms with Crippen molar-refractivity contribution in [1.29, 1.82) is 0 Å². The monoisotopic (exact) mass is 304 g/mol. The van der Waals surface area contributed by atoms with Gasteiger partial charge in [0, 0.05) is 0 Å². The molecule has 0 unspecified atom stereocenters. The van der Waals surface area contributed by atoms with Gasteiger partial charge in [-0.05, 0) is 0 Å². The van der Waals surface area contributed by atoms with Crippen molar-refractivity contribution in [2.45, 2.75) is 13.8 Å². The van der Waals surface area contributed by atoms with Gasteiger partial charge in [-0.15, -0.1) is 0 Å². The number of benzene rings is 2. The molecule has 2 rings (SSSR count). The number of para-hydroxylation sites is 1. The average Bonchev–Trinajstić information content (AvgIpc) is 2.35. The molecule has 1 radical (unpaired) electrons. The molecule has 0 bridgehead atoms. The molecule has 0 saturated carbocycles. The van der Waals surface area contributed by atoms with Crippen LogP contribution in [0.5, 0.6) is 0 Å². The Labute approximate surface area is 115 Å². The minimum atomic E-state index is -0.0524. The molecule has 3 heteroatoms. The molecule has 0 heterocycles. The zero-order chi connectivity index (χ0) is 13.1. The second-order valence-electron chi connectivity index (χ2n) is 4.21. The Morgan fingerprint density at radius 3 is 2.39 bits per heavy atom. The van der Waals surface area contributed by atoms with Gasteiger partial charge < -0.3 is 0 Å². The van der Waals surface area contributed by atoms with Crippen molar-refractivity contribution in [1.82, 2.24) is 0 Å². The van der Waals surface area contributed by atoms with E-state index in [0.717, 1.165) is 11.4 Å². The molecule has 0 saturated heterocycles. The Morgan fingerprint density at radius 1 is 1.00 bits per heavy atom. The summed E-state index contributed by atoms with van der Waals surface area (Å²) in [6, 6.07) is 13.6. The fourth-order valence-electron chi connectivity index (χ4n) is 1.80. The van der Waals surface area contributed by atoms with Gasteiger partial charge in [-0.1, -0.05) is 0 Å². The zero-order valence-electron chi connectivity index (χ0n) is 10.4. The standard InChI is InChI=1S/C15H14NOSe/c1-10-6-5-9-13(11(10)2)16-14-8-4-3-7-12(14)15(17)18/h3-9,16H,1-2H3. The summed E-state index contributed by atoms with van der Waals surface area (Å²) in [6.45, 7) is 4.14. The van der Waals surface area contributed by atoms with Crippen molar-refractivity contribution in [3.8, 4) is 0 Å². The predicted octanol–water partition coefficient (Wildman–Crippen LogP) is 3.36. The molecule has 0 aliphatic rings. The van der Waals surface area contributed by atoms with E-state index in [2.05, 4.69) is 41.2 Å². The number of hydrogen-bond donors (Lipinski definition) is 1. The van der Waals surface area contributed by atoms with Crippen LogP contribution < -0.4 is 5.32 Å². The van der Waals surface area contributed by atoms with E-state index < -0.39 is 0 Å². The van der Waals surface area contributed by atoms with E-state index >= 15 is 0 Å². The Balaban J connectivity index is 2.40. The molecule has 2 aromatic carbocycles. The van der Waals surface area contributed by atoms with Crippen molar-refractivity contribution in [3.05, 3.63) is 59.2 Å². The quantitative estimate of drug-likeness (QED) is 0.881. The van der Waals surface area contributed by atoms with Crippen LogP contribution in [-0.4, -0.2) is 20.7 Å². The van der Waals surface area contributed by atoms with Crippen LogP contribution in [0.4, 0.5) is 11.4 Å². The second kappa shape index (κ2) is 5.38. The van der Waals surface area contributed by atoms with E-state index in [9.17, 15) is 4.79 Å². The molecule has 1 N–H and O–H groups in total. The van der Waals surface area contributed by atoms with E-state index in [0.29, 0.717) is 5.56 Å². The molecule has 91 valence electrons. The molecule has 18 heavy (non-hydrogen) atoms. The molecule has 0 fully saturated rings. The summed E-state index contributed by atoms with van der Waals surface area (Å²) in [5, 5.41) is 3.32. The van der Waals surface area contributed by atoms with Gasteiger partial charge in [-0.2, -0.15) is 0 Å². The first-order valence-corrected chi connectivity index (χ1v) is 6.59. The van der Waals surface area contributed by atoms with Crippen molar-refractivity contribution in [2.24, 2.45) is 0 Å². The third-order valence-electron chi connectivity index (χ3n) is 3.02. The molecule has 0 aliphatic carbocycles. The topological polar surface area (TPSA) is 29.1 Å². The summed E-state index contributed by atoms with van der Waals surface area (Å²) >= 11 is 2.53. The molecular formula is C15H14NOSe. The number of aryl methyl sites for hydroxylation is 1. The van der Waals surface area contributed by atoms with Crippen LogP contribution in [0.1, 0.15) is 21.5 Å². The molecule has 2 nitrogen and oxygen atoms in total. The summed E-state index contributed by atoms with van der Waals surface area (Å²) in [5.41, 5.74) is 4.95. The molecular weight excluding hydrogens is 289 g/mol. The maximum absolute atomic E-state index is 11.5. The summed E-state index contributed by atoms with van der Waals surface area (Å²) in [7, 11) is 0. The molecule has 0 spiro atoms. The van der Waals surface area contributed by atoms with Crippen LogP contribution in [0, 0.1) is 13.8 Å². The third-order valence-corrected chi connectivity index (χ3v) is 3.48. The first-order chi connectivity index (χ1) is 8.59. The first-order valence-electron chi connectivity index (χ1n) is 5.73. The predicted molar refractivity (Wildman–Crippen MR) is 75.7 cm³/mol. The van der Waals surface area contributed by atoms with E-state index in [-0.39, 0.29) is 4.68 Å². The van der Waals surface area contributed by atoms with Gasteiger partial charge >= 0.3 is 115 Å². The van der Waals surface area contributed by atoms with E-state index in [4.69, 9.17) is 0 Å². The second-order valence-corrected chi connectivity index (χ2v) is 4.98. The van der Waals surface area contributed by atoms with Crippen LogP contribution in [0.3, 0.4) is 0 Å². The van der Waals surface area contributed by atoms with Crippen molar-refractivity contribution < 1.29 is 4.79 Å². The van der Waals surface area contributed by atoms with Gasteiger partial charge in [-0.3, -0.25) is 0 Å². The molecule has 0 aliphatic heterocycles. The number of carbonyl (C=O) groups excluding carboxylic acids is 1. The van der Waals surface area contributed by atoms with Gasteiger partial charge in [0.15, 0.2) is 0 Å². The average molecular weight is 303 g/mol. The normalized spacial score (nSPS) is 10.1. The Morgan fingerprint density at radius 2 is 1.67 bits per heavy atom. The minimum absolute atomic E-state index is 0.0524. The van der Waals surface area contributed by atoms with Gasteiger partial charge in [-0.25, -0.2) is 0 Å². The van der Waals surface area contributed by atoms with Crippen LogP contribution in [0.25, 0.3) is 0 Å². The fourth-order valence-corrected chi connectivity index (χ4v) is 2.18. The van der Waals surface area contributed by atoms with Crippen molar-refractivity contribution in [3.63, 3.8) is 0 Å². The summed E-state index contributed by atoms with van der Waals surface area (Å²) in [5.74, 6) is 0. The molecule has 2 aromatic rings. The van der Waals surface area contributed by atoms with Crippen molar-refractivity contribution >= 4 is 32.1 Å². The Bertz CT molecular complexity index is 593. The number of hydrogen-bond acceptors (Lipinski definition) is 2. The van der Waals surface area contributed by atoms with Crippen LogP contribution >= 0.6 is 0 Å². The van der Waals surface area contributed by atoms with Crippen LogP contribution in [0.2, 0.25) is 0 Å². The maximum atomic E-state index is 11.5. The molecule has 0 atom stereocenters. The van der Waals surface area contributed by atoms with E-state index in [1.54, 1.807) is 0 Å². The molecule has 0 amide bonds. The number of anilines is 2. The fraction of sp³-hybridized carbons (Fsp3) is 0.133. The first kappa shape index (κ1) is 12.9. The van der Waals surface area contributed by atoms with Gasteiger partial charge in [0.2, 0.25) is 0 Å². The van der Waals surface area contributed by atoms with E-state index in [1.807, 2.05) is 36.4 Å². The van der Waals surface area contributed by atoms with Crippen LogP contribution in [0.15, 0.2) is 42.5 Å². The SMILES string of the molecule is Cc1cccc(Nc2ccccc2C(=O)[Se])c1C. The Kier molecular flexibility index (Phi) is 3.85. The van der Waals surface area contributed by atoms with Crippen LogP contribution in [-0.2, 0) is 0 Å².